The lowest BCUT2D eigenvalue weighted by Gasteiger charge is -2.09. The number of carbonyl (C=O) groups is 1. The number of benzene rings is 3. The van der Waals surface area contributed by atoms with E-state index in [0.29, 0.717) is 23.1 Å². The van der Waals surface area contributed by atoms with Gasteiger partial charge in [-0.25, -0.2) is 9.97 Å². The largest absolute Gasteiger partial charge is 0.352 e. The monoisotopic (exact) mass is 456 g/mol. The van der Waals surface area contributed by atoms with Crippen molar-refractivity contribution >= 4 is 29.1 Å². The molecule has 4 rings (SSSR count). The lowest BCUT2D eigenvalue weighted by molar-refractivity contribution is 0.0954. The fraction of sp³-hybridized carbons (Fsp3) is 0.148. The first kappa shape index (κ1) is 22.5. The van der Waals surface area contributed by atoms with Crippen molar-refractivity contribution in [3.63, 3.8) is 0 Å². The third kappa shape index (κ3) is 6.18. The minimum atomic E-state index is -0.0901. The Labute approximate surface area is 198 Å². The summed E-state index contributed by atoms with van der Waals surface area (Å²) < 4.78 is 0. The first-order valence-electron chi connectivity index (χ1n) is 10.9. The lowest BCUT2D eigenvalue weighted by atomic mass is 10.1. The van der Waals surface area contributed by atoms with Crippen molar-refractivity contribution in [2.45, 2.75) is 19.8 Å². The molecule has 0 radical (unpaired) electrons. The Kier molecular flexibility index (Phi) is 7.33. The smallest absolute Gasteiger partial charge is 0.251 e. The molecule has 0 unspecified atom stereocenters. The van der Waals surface area contributed by atoms with E-state index < -0.39 is 0 Å². The minimum Gasteiger partial charge on any atom is -0.352 e. The molecule has 3 aromatic carbocycles. The van der Waals surface area contributed by atoms with Crippen LogP contribution >= 0.6 is 11.6 Å². The molecule has 0 aliphatic rings. The lowest BCUT2D eigenvalue weighted by Crippen LogP contribution is -2.25. The molecule has 0 atom stereocenters. The minimum absolute atomic E-state index is 0.0901. The molecule has 0 fully saturated rings. The summed E-state index contributed by atoms with van der Waals surface area (Å²) in [5.74, 6) is 0.390. The van der Waals surface area contributed by atoms with Crippen LogP contribution in [-0.4, -0.2) is 22.4 Å². The number of nitrogens with zero attached hydrogens (tertiary/aromatic N) is 2. The van der Waals surface area contributed by atoms with E-state index in [4.69, 9.17) is 11.6 Å². The Bertz CT molecular complexity index is 1210. The SMILES string of the molecule is CCc1ccc(CCNC(=O)c2ccc(Nc3nccc(-c4ccc(Cl)cc4)n3)cc2)cc1. The molecule has 33 heavy (non-hydrogen) atoms. The highest BCUT2D eigenvalue weighted by Gasteiger charge is 2.07. The van der Waals surface area contributed by atoms with Gasteiger partial charge in [-0.1, -0.05) is 54.9 Å². The number of aryl methyl sites for hydroxylation is 1. The highest BCUT2D eigenvalue weighted by atomic mass is 35.5. The molecular formula is C27H25ClN4O. The zero-order valence-corrected chi connectivity index (χ0v) is 19.1. The Hall–Kier alpha value is -3.70. The summed E-state index contributed by atoms with van der Waals surface area (Å²) in [6.07, 6.45) is 3.54. The number of hydrogen-bond donors (Lipinski definition) is 2. The fourth-order valence-corrected chi connectivity index (χ4v) is 3.52. The van der Waals surface area contributed by atoms with E-state index in [-0.39, 0.29) is 5.91 Å². The maximum Gasteiger partial charge on any atom is 0.251 e. The van der Waals surface area contributed by atoms with E-state index in [1.54, 1.807) is 18.3 Å². The fourth-order valence-electron chi connectivity index (χ4n) is 3.40. The summed E-state index contributed by atoms with van der Waals surface area (Å²) in [6, 6.07) is 25.1. The molecule has 5 nitrogen and oxygen atoms in total. The third-order valence-electron chi connectivity index (χ3n) is 5.33. The van der Waals surface area contributed by atoms with Crippen LogP contribution in [0.25, 0.3) is 11.3 Å². The van der Waals surface area contributed by atoms with Crippen LogP contribution in [0.3, 0.4) is 0 Å². The average Bonchev–Trinajstić information content (AvgIpc) is 2.85. The predicted molar refractivity (Wildman–Crippen MR) is 134 cm³/mol. The van der Waals surface area contributed by atoms with Crippen LogP contribution < -0.4 is 10.6 Å². The van der Waals surface area contributed by atoms with Gasteiger partial charge in [-0.05, 0) is 66.4 Å². The predicted octanol–water partition coefficient (Wildman–Crippen LogP) is 6.08. The molecule has 166 valence electrons. The van der Waals surface area contributed by atoms with Crippen molar-refractivity contribution in [2.24, 2.45) is 0 Å². The molecule has 1 aromatic heterocycles. The summed E-state index contributed by atoms with van der Waals surface area (Å²) >= 11 is 5.97. The zero-order valence-electron chi connectivity index (χ0n) is 18.4. The van der Waals surface area contributed by atoms with Crippen LogP contribution in [0, 0.1) is 0 Å². The molecule has 0 bridgehead atoms. The van der Waals surface area contributed by atoms with Crippen LogP contribution in [0.5, 0.6) is 0 Å². The van der Waals surface area contributed by atoms with E-state index in [1.165, 1.54) is 11.1 Å². The standard InChI is InChI=1S/C27H25ClN4O/c1-2-19-3-5-20(6-4-19)15-17-29-26(33)22-9-13-24(14-10-22)31-27-30-18-16-25(32-27)21-7-11-23(28)12-8-21/h3-14,16,18H,2,15,17H2,1H3,(H,29,33)(H,30,31,32). The van der Waals surface area contributed by atoms with Crippen molar-refractivity contribution in [3.8, 4) is 11.3 Å². The third-order valence-corrected chi connectivity index (χ3v) is 5.58. The van der Waals surface area contributed by atoms with Crippen molar-refractivity contribution in [1.29, 1.82) is 0 Å². The van der Waals surface area contributed by atoms with Gasteiger partial charge in [0.2, 0.25) is 5.95 Å². The van der Waals surface area contributed by atoms with Gasteiger partial charge in [0, 0.05) is 34.6 Å². The number of aromatic nitrogens is 2. The molecule has 1 heterocycles. The van der Waals surface area contributed by atoms with Crippen LogP contribution in [0.2, 0.25) is 5.02 Å². The van der Waals surface area contributed by atoms with Gasteiger partial charge in [-0.3, -0.25) is 4.79 Å². The van der Waals surface area contributed by atoms with Gasteiger partial charge in [-0.15, -0.1) is 0 Å². The van der Waals surface area contributed by atoms with E-state index in [9.17, 15) is 4.79 Å². The number of rotatable bonds is 8. The number of hydrogen-bond acceptors (Lipinski definition) is 4. The summed E-state index contributed by atoms with van der Waals surface area (Å²) in [7, 11) is 0. The molecule has 0 aliphatic carbocycles. The zero-order chi connectivity index (χ0) is 23.0. The summed E-state index contributed by atoms with van der Waals surface area (Å²) in [4.78, 5) is 21.3. The second kappa shape index (κ2) is 10.7. The number of carbonyl (C=O) groups excluding carboxylic acids is 1. The number of amides is 1. The molecule has 2 N–H and O–H groups in total. The van der Waals surface area contributed by atoms with Crippen LogP contribution in [0.1, 0.15) is 28.4 Å². The summed E-state index contributed by atoms with van der Waals surface area (Å²) in [5, 5.41) is 6.85. The van der Waals surface area contributed by atoms with E-state index in [1.807, 2.05) is 42.5 Å². The van der Waals surface area contributed by atoms with Crippen LogP contribution in [0.15, 0.2) is 85.1 Å². The molecular weight excluding hydrogens is 432 g/mol. The highest BCUT2D eigenvalue weighted by molar-refractivity contribution is 6.30. The maximum absolute atomic E-state index is 12.5. The van der Waals surface area contributed by atoms with E-state index in [0.717, 1.165) is 29.8 Å². The Morgan fingerprint density at radius 2 is 1.58 bits per heavy atom. The highest BCUT2D eigenvalue weighted by Crippen LogP contribution is 2.21. The number of anilines is 2. The number of halogens is 1. The van der Waals surface area contributed by atoms with Gasteiger partial charge in [0.25, 0.3) is 5.91 Å². The maximum atomic E-state index is 12.5. The summed E-state index contributed by atoms with van der Waals surface area (Å²) in [6.45, 7) is 2.73. The van der Waals surface area contributed by atoms with Gasteiger partial charge in [0.05, 0.1) is 5.69 Å². The Balaban J connectivity index is 1.32. The topological polar surface area (TPSA) is 66.9 Å². The van der Waals surface area contributed by atoms with Crippen molar-refractivity contribution in [3.05, 3.63) is 107 Å². The van der Waals surface area contributed by atoms with Crippen molar-refractivity contribution in [2.75, 3.05) is 11.9 Å². The Morgan fingerprint density at radius 3 is 2.27 bits per heavy atom. The van der Waals surface area contributed by atoms with Crippen molar-refractivity contribution < 1.29 is 4.79 Å². The van der Waals surface area contributed by atoms with Gasteiger partial charge in [-0.2, -0.15) is 0 Å². The summed E-state index contributed by atoms with van der Waals surface area (Å²) in [5.41, 5.74) is 5.70. The van der Waals surface area contributed by atoms with E-state index in [2.05, 4.69) is 51.8 Å². The van der Waals surface area contributed by atoms with E-state index >= 15 is 0 Å². The second-order valence-electron chi connectivity index (χ2n) is 7.65. The first-order chi connectivity index (χ1) is 16.1. The number of nitrogens with one attached hydrogen (secondary N) is 2. The normalized spacial score (nSPS) is 10.6. The van der Waals surface area contributed by atoms with Crippen molar-refractivity contribution in [1.82, 2.24) is 15.3 Å². The molecule has 4 aromatic rings. The molecule has 0 saturated heterocycles. The molecule has 0 saturated carbocycles. The van der Waals surface area contributed by atoms with Gasteiger partial charge in [0.15, 0.2) is 0 Å². The Morgan fingerprint density at radius 1 is 0.879 bits per heavy atom. The second-order valence-corrected chi connectivity index (χ2v) is 8.09. The van der Waals surface area contributed by atoms with Gasteiger partial charge >= 0.3 is 0 Å². The molecule has 0 spiro atoms. The first-order valence-corrected chi connectivity index (χ1v) is 11.3. The van der Waals surface area contributed by atoms with Crippen LogP contribution in [0.4, 0.5) is 11.6 Å². The molecule has 1 amide bonds. The molecule has 6 heteroatoms. The quantitative estimate of drug-likeness (QED) is 0.337. The van der Waals surface area contributed by atoms with Gasteiger partial charge in [0.1, 0.15) is 0 Å². The molecule has 0 aliphatic heterocycles. The van der Waals surface area contributed by atoms with Crippen LogP contribution in [-0.2, 0) is 12.8 Å². The van der Waals surface area contributed by atoms with Gasteiger partial charge < -0.3 is 10.6 Å². The average molecular weight is 457 g/mol.